The van der Waals surface area contributed by atoms with Crippen molar-refractivity contribution in [1.29, 1.82) is 0 Å². The monoisotopic (exact) mass is 274 g/mol. The van der Waals surface area contributed by atoms with Gasteiger partial charge in [-0.15, -0.1) is 0 Å². The Kier molecular flexibility index (Phi) is 3.74. The highest BCUT2D eigenvalue weighted by Gasteiger charge is 2.18. The van der Waals surface area contributed by atoms with Crippen LogP contribution in [0.2, 0.25) is 0 Å². The standard InChI is InChI=1S/C14H18N4O2/c1-10-5-7-12(8-6-10)11(2)18-14(20)17(9-15-18)13(19)16(3)4/h5-9,11H,1-4H3. The first-order valence-electron chi connectivity index (χ1n) is 6.36. The van der Waals surface area contributed by atoms with E-state index >= 15 is 0 Å². The molecule has 0 saturated heterocycles. The summed E-state index contributed by atoms with van der Waals surface area (Å²) in [6, 6.07) is 7.26. The molecule has 1 aromatic carbocycles. The Bertz CT molecular complexity index is 667. The summed E-state index contributed by atoms with van der Waals surface area (Å²) in [5.74, 6) is 0. The number of amides is 1. The fraction of sp³-hybridized carbons (Fsp3) is 0.357. The van der Waals surface area contributed by atoms with E-state index in [1.165, 1.54) is 15.9 Å². The van der Waals surface area contributed by atoms with Crippen molar-refractivity contribution in [3.05, 3.63) is 52.2 Å². The molecule has 0 N–H and O–H groups in total. The highest BCUT2D eigenvalue weighted by atomic mass is 16.2. The zero-order valence-corrected chi connectivity index (χ0v) is 12.1. The van der Waals surface area contributed by atoms with Crippen LogP contribution < -0.4 is 5.69 Å². The molecule has 0 saturated carbocycles. The zero-order chi connectivity index (χ0) is 14.9. The van der Waals surface area contributed by atoms with E-state index < -0.39 is 11.7 Å². The van der Waals surface area contributed by atoms with E-state index in [0.717, 1.165) is 15.7 Å². The molecule has 0 aliphatic rings. The van der Waals surface area contributed by atoms with Crippen LogP contribution in [0.15, 0.2) is 35.4 Å². The van der Waals surface area contributed by atoms with E-state index in [0.29, 0.717) is 0 Å². The van der Waals surface area contributed by atoms with Gasteiger partial charge in [-0.1, -0.05) is 29.8 Å². The third kappa shape index (κ3) is 2.49. The van der Waals surface area contributed by atoms with E-state index in [9.17, 15) is 9.59 Å². The Morgan fingerprint density at radius 2 is 1.85 bits per heavy atom. The molecule has 6 heteroatoms. The number of nitrogens with zero attached hydrogens (tertiary/aromatic N) is 4. The van der Waals surface area contributed by atoms with E-state index in [-0.39, 0.29) is 6.04 Å². The summed E-state index contributed by atoms with van der Waals surface area (Å²) in [6.45, 7) is 3.88. The van der Waals surface area contributed by atoms with Crippen LogP contribution in [0.1, 0.15) is 24.1 Å². The first kappa shape index (κ1) is 14.0. The van der Waals surface area contributed by atoms with Crippen molar-refractivity contribution in [2.24, 2.45) is 0 Å². The third-order valence-corrected chi connectivity index (χ3v) is 3.21. The lowest BCUT2D eigenvalue weighted by Gasteiger charge is -2.12. The first-order chi connectivity index (χ1) is 9.41. The molecule has 0 radical (unpaired) electrons. The lowest BCUT2D eigenvalue weighted by molar-refractivity contribution is 0.218. The van der Waals surface area contributed by atoms with Gasteiger partial charge in [0.15, 0.2) is 0 Å². The first-order valence-corrected chi connectivity index (χ1v) is 6.36. The molecule has 0 spiro atoms. The minimum absolute atomic E-state index is 0.223. The van der Waals surface area contributed by atoms with Gasteiger partial charge in [0.05, 0.1) is 6.04 Å². The Balaban J connectivity index is 2.37. The van der Waals surface area contributed by atoms with Crippen LogP contribution in [0.25, 0.3) is 0 Å². The van der Waals surface area contributed by atoms with Crippen molar-refractivity contribution in [2.45, 2.75) is 19.9 Å². The smallest absolute Gasteiger partial charge is 0.330 e. The van der Waals surface area contributed by atoms with Crippen LogP contribution in [-0.4, -0.2) is 39.4 Å². The molecule has 20 heavy (non-hydrogen) atoms. The minimum Gasteiger partial charge on any atom is -0.330 e. The van der Waals surface area contributed by atoms with Crippen LogP contribution in [0.3, 0.4) is 0 Å². The zero-order valence-electron chi connectivity index (χ0n) is 12.1. The Labute approximate surface area is 117 Å². The molecule has 0 aliphatic carbocycles. The Morgan fingerprint density at radius 3 is 2.40 bits per heavy atom. The highest BCUT2D eigenvalue weighted by Crippen LogP contribution is 2.15. The SMILES string of the molecule is Cc1ccc(C(C)n2ncn(C(=O)N(C)C)c2=O)cc1. The number of hydrogen-bond acceptors (Lipinski definition) is 3. The third-order valence-electron chi connectivity index (χ3n) is 3.21. The van der Waals surface area contributed by atoms with Crippen molar-refractivity contribution < 1.29 is 4.79 Å². The van der Waals surface area contributed by atoms with Crippen molar-refractivity contribution in [3.8, 4) is 0 Å². The highest BCUT2D eigenvalue weighted by molar-refractivity contribution is 5.75. The molecule has 2 aromatic rings. The number of carbonyl (C=O) groups is 1. The largest absolute Gasteiger partial charge is 0.354 e. The van der Waals surface area contributed by atoms with Crippen LogP contribution in [-0.2, 0) is 0 Å². The summed E-state index contributed by atoms with van der Waals surface area (Å²) in [4.78, 5) is 25.4. The van der Waals surface area contributed by atoms with Crippen molar-refractivity contribution in [1.82, 2.24) is 19.2 Å². The molecule has 106 valence electrons. The van der Waals surface area contributed by atoms with E-state index in [1.807, 2.05) is 38.1 Å². The molecule has 1 heterocycles. The van der Waals surface area contributed by atoms with Gasteiger partial charge in [0, 0.05) is 14.1 Å². The number of aromatic nitrogens is 3. The Morgan fingerprint density at radius 1 is 1.25 bits per heavy atom. The molecular formula is C14H18N4O2. The van der Waals surface area contributed by atoms with E-state index in [1.54, 1.807) is 14.1 Å². The van der Waals surface area contributed by atoms with Gasteiger partial charge >= 0.3 is 11.7 Å². The van der Waals surface area contributed by atoms with Crippen molar-refractivity contribution in [2.75, 3.05) is 14.1 Å². The van der Waals surface area contributed by atoms with Gasteiger partial charge in [0.1, 0.15) is 6.33 Å². The Hall–Kier alpha value is -2.37. The van der Waals surface area contributed by atoms with Crippen LogP contribution in [0, 0.1) is 6.92 Å². The van der Waals surface area contributed by atoms with E-state index in [2.05, 4.69) is 5.10 Å². The average Bonchev–Trinajstić information content (AvgIpc) is 2.79. The number of aryl methyl sites for hydroxylation is 1. The summed E-state index contributed by atoms with van der Waals surface area (Å²) in [5.41, 5.74) is 1.69. The number of rotatable bonds is 2. The minimum atomic E-state index is -0.434. The summed E-state index contributed by atoms with van der Waals surface area (Å²) >= 11 is 0. The molecule has 1 atom stereocenters. The van der Waals surface area contributed by atoms with Gasteiger partial charge in [-0.3, -0.25) is 0 Å². The molecule has 0 aliphatic heterocycles. The number of hydrogen-bond donors (Lipinski definition) is 0. The molecule has 0 bridgehead atoms. The van der Waals surface area contributed by atoms with Crippen molar-refractivity contribution in [3.63, 3.8) is 0 Å². The summed E-state index contributed by atoms with van der Waals surface area (Å²) in [7, 11) is 3.19. The fourth-order valence-corrected chi connectivity index (χ4v) is 1.91. The average molecular weight is 274 g/mol. The lowest BCUT2D eigenvalue weighted by atomic mass is 10.1. The fourth-order valence-electron chi connectivity index (χ4n) is 1.91. The molecule has 1 unspecified atom stereocenters. The second-order valence-electron chi connectivity index (χ2n) is 4.99. The second-order valence-corrected chi connectivity index (χ2v) is 4.99. The van der Waals surface area contributed by atoms with Gasteiger partial charge < -0.3 is 4.90 Å². The van der Waals surface area contributed by atoms with Crippen LogP contribution in [0.5, 0.6) is 0 Å². The lowest BCUT2D eigenvalue weighted by Crippen LogP contribution is -2.36. The maximum atomic E-state index is 12.2. The number of benzene rings is 1. The van der Waals surface area contributed by atoms with Gasteiger partial charge in [0.25, 0.3) is 0 Å². The molecule has 1 aromatic heterocycles. The molecule has 2 rings (SSSR count). The normalized spacial score (nSPS) is 12.2. The second kappa shape index (κ2) is 5.32. The topological polar surface area (TPSA) is 60.1 Å². The quantitative estimate of drug-likeness (QED) is 0.833. The molecule has 0 fully saturated rings. The maximum absolute atomic E-state index is 12.2. The molecule has 6 nitrogen and oxygen atoms in total. The van der Waals surface area contributed by atoms with Crippen LogP contribution in [0.4, 0.5) is 4.79 Å². The summed E-state index contributed by atoms with van der Waals surface area (Å²) < 4.78 is 2.32. The predicted molar refractivity (Wildman–Crippen MR) is 76.0 cm³/mol. The molecular weight excluding hydrogens is 256 g/mol. The van der Waals surface area contributed by atoms with Gasteiger partial charge in [0.2, 0.25) is 0 Å². The maximum Gasteiger partial charge on any atom is 0.354 e. The van der Waals surface area contributed by atoms with E-state index in [4.69, 9.17) is 0 Å². The summed E-state index contributed by atoms with van der Waals surface area (Å²) in [6.07, 6.45) is 1.26. The predicted octanol–water partition coefficient (Wildman–Crippen LogP) is 1.49. The van der Waals surface area contributed by atoms with Gasteiger partial charge in [-0.2, -0.15) is 9.67 Å². The molecule has 1 amide bonds. The van der Waals surface area contributed by atoms with Crippen molar-refractivity contribution >= 4 is 6.03 Å². The van der Waals surface area contributed by atoms with Gasteiger partial charge in [-0.05, 0) is 19.4 Å². The number of carbonyl (C=O) groups excluding carboxylic acids is 1. The van der Waals surface area contributed by atoms with Crippen LogP contribution >= 0.6 is 0 Å². The van der Waals surface area contributed by atoms with Gasteiger partial charge in [-0.25, -0.2) is 14.3 Å². The summed E-state index contributed by atoms with van der Waals surface area (Å²) in [5, 5.41) is 4.04.